The summed E-state index contributed by atoms with van der Waals surface area (Å²) in [4.78, 5) is 45.3. The van der Waals surface area contributed by atoms with Gasteiger partial charge in [-0.15, -0.1) is 21.5 Å². The first-order valence-corrected chi connectivity index (χ1v) is 17.5. The maximum absolute atomic E-state index is 13.2. The minimum absolute atomic E-state index is 0.0934. The third-order valence-electron chi connectivity index (χ3n) is 8.69. The summed E-state index contributed by atoms with van der Waals surface area (Å²) in [7, 11) is 0. The quantitative estimate of drug-likeness (QED) is 0.178. The fraction of sp³-hybridized carbons (Fsp3) is 0.389. The molecule has 2 aliphatic heterocycles. The number of hydrogen-bond donors (Lipinski definition) is 3. The fourth-order valence-corrected chi connectivity index (χ4v) is 7.18. The van der Waals surface area contributed by atoms with E-state index in [2.05, 4.69) is 34.7 Å². The number of aliphatic hydroxyl groups excluding tert-OH is 1. The number of thiophene rings is 1. The molecule has 4 aromatic rings. The third kappa shape index (κ3) is 8.09. The van der Waals surface area contributed by atoms with Gasteiger partial charge in [0.2, 0.25) is 17.7 Å². The van der Waals surface area contributed by atoms with Gasteiger partial charge in [-0.25, -0.2) is 0 Å². The number of ether oxygens (including phenoxy) is 2. The number of likely N-dealkylation sites (tertiary alicyclic amines) is 1. The monoisotopic (exact) mass is 699 g/mol. The minimum Gasteiger partial charge on any atom is -0.494 e. The minimum atomic E-state index is -0.563. The number of nitrogens with one attached hydrogen (secondary N) is 2. The zero-order valence-corrected chi connectivity index (χ0v) is 29.2. The molecule has 6 rings (SSSR count). The second kappa shape index (κ2) is 15.7. The van der Waals surface area contributed by atoms with Gasteiger partial charge in [-0.05, 0) is 69.2 Å². The lowest BCUT2D eigenvalue weighted by atomic mass is 9.99. The van der Waals surface area contributed by atoms with Crippen molar-refractivity contribution in [3.63, 3.8) is 0 Å². The number of aliphatic imine (C=N–C) groups is 1. The van der Waals surface area contributed by atoms with Crippen molar-refractivity contribution in [3.8, 4) is 10.8 Å². The van der Waals surface area contributed by atoms with Crippen molar-refractivity contribution < 1.29 is 29.0 Å². The lowest BCUT2D eigenvalue weighted by Crippen LogP contribution is -2.40. The Morgan fingerprint density at radius 3 is 2.52 bits per heavy atom. The van der Waals surface area contributed by atoms with Gasteiger partial charge in [-0.2, -0.15) is 0 Å². The van der Waals surface area contributed by atoms with E-state index in [0.717, 1.165) is 43.8 Å². The summed E-state index contributed by atoms with van der Waals surface area (Å²) in [5.41, 5.74) is 4.50. The van der Waals surface area contributed by atoms with Crippen molar-refractivity contribution in [1.82, 2.24) is 25.0 Å². The standard InChI is InChI=1S/C36H41N7O6S/c1-22-23(2)50-36-33(22)34(39-29(35-41-40-24(3)43(35)36)18-30(45)38-26-8-5-4-6-9-26)25-10-12-28(13-11-25)49-17-7-16-48-21-31(46)37-19-32(47)42-15-14-27(44)20-42/h4-6,8-13,27,29,44H,7,14-21H2,1-3H3,(H,37,46)(H,38,45)/t27-,29+/m1/s1. The molecule has 1 fully saturated rings. The maximum atomic E-state index is 13.2. The van der Waals surface area contributed by atoms with Crippen molar-refractivity contribution in [2.45, 2.75) is 52.2 Å². The van der Waals surface area contributed by atoms with Crippen molar-refractivity contribution in [3.05, 3.63) is 87.8 Å². The van der Waals surface area contributed by atoms with Crippen LogP contribution in [-0.2, 0) is 19.1 Å². The number of anilines is 1. The predicted molar refractivity (Wildman–Crippen MR) is 189 cm³/mol. The average molecular weight is 700 g/mol. The molecule has 3 N–H and O–H groups in total. The van der Waals surface area contributed by atoms with E-state index in [0.29, 0.717) is 50.7 Å². The topological polar surface area (TPSA) is 160 Å². The molecule has 0 spiro atoms. The normalized spacial score (nSPS) is 16.6. The molecule has 262 valence electrons. The summed E-state index contributed by atoms with van der Waals surface area (Å²) in [6.45, 7) is 7.33. The summed E-state index contributed by atoms with van der Waals surface area (Å²) in [5.74, 6) is 1.28. The van der Waals surface area contributed by atoms with Crippen molar-refractivity contribution >= 4 is 40.5 Å². The molecule has 2 atom stereocenters. The van der Waals surface area contributed by atoms with Gasteiger partial charge >= 0.3 is 0 Å². The first-order chi connectivity index (χ1) is 24.2. The zero-order valence-electron chi connectivity index (χ0n) is 28.3. The average Bonchev–Trinajstić information content (AvgIpc) is 3.78. The van der Waals surface area contributed by atoms with E-state index in [1.165, 1.54) is 0 Å². The van der Waals surface area contributed by atoms with Crippen LogP contribution in [-0.4, -0.2) is 93.8 Å². The molecular formula is C36H41N7O6S. The highest BCUT2D eigenvalue weighted by Gasteiger charge is 2.32. The van der Waals surface area contributed by atoms with E-state index < -0.39 is 12.1 Å². The van der Waals surface area contributed by atoms with Crippen molar-refractivity contribution in [2.75, 3.05) is 44.8 Å². The number of nitrogens with zero attached hydrogens (tertiary/aromatic N) is 5. The molecule has 0 saturated carbocycles. The molecule has 2 aromatic carbocycles. The predicted octanol–water partition coefficient (Wildman–Crippen LogP) is 3.67. The Hall–Kier alpha value is -4.92. The number of benzene rings is 2. The van der Waals surface area contributed by atoms with Crippen LogP contribution in [0.4, 0.5) is 5.69 Å². The van der Waals surface area contributed by atoms with Crippen LogP contribution in [0.3, 0.4) is 0 Å². The van der Waals surface area contributed by atoms with E-state index in [1.807, 2.05) is 66.1 Å². The first-order valence-electron chi connectivity index (χ1n) is 16.7. The van der Waals surface area contributed by atoms with Gasteiger partial charge in [0, 0.05) is 41.2 Å². The molecule has 14 heteroatoms. The zero-order chi connectivity index (χ0) is 35.2. The SMILES string of the molecule is Cc1sc2c(c1C)C(c1ccc(OCCCOCC(=O)NCC(=O)N3CC[C@@H](O)C3)cc1)=N[C@@H](CC(=O)Nc1ccccc1)c1nnc(C)n1-2. The molecule has 2 aliphatic rings. The van der Waals surface area contributed by atoms with Crippen LogP contribution in [0.25, 0.3) is 5.00 Å². The van der Waals surface area contributed by atoms with Gasteiger partial charge in [0.25, 0.3) is 0 Å². The highest BCUT2D eigenvalue weighted by Crippen LogP contribution is 2.39. The highest BCUT2D eigenvalue weighted by atomic mass is 32.1. The summed E-state index contributed by atoms with van der Waals surface area (Å²) in [5, 5.41) is 24.9. The van der Waals surface area contributed by atoms with E-state index in [1.54, 1.807) is 16.2 Å². The molecule has 0 bridgehead atoms. The number of amides is 3. The van der Waals surface area contributed by atoms with Gasteiger partial charge in [-0.3, -0.25) is 23.9 Å². The number of β-amino-alcohol motifs (C(OH)–C–C–N with tert-alkyl or cyclic N) is 1. The van der Waals surface area contributed by atoms with E-state index in [-0.39, 0.29) is 37.3 Å². The van der Waals surface area contributed by atoms with Crippen molar-refractivity contribution in [2.24, 2.45) is 4.99 Å². The smallest absolute Gasteiger partial charge is 0.246 e. The van der Waals surface area contributed by atoms with Gasteiger partial charge in [0.1, 0.15) is 29.2 Å². The highest BCUT2D eigenvalue weighted by molar-refractivity contribution is 7.15. The van der Waals surface area contributed by atoms with E-state index in [9.17, 15) is 19.5 Å². The second-order valence-corrected chi connectivity index (χ2v) is 13.6. The molecule has 0 unspecified atom stereocenters. The molecular weight excluding hydrogens is 659 g/mol. The molecule has 2 aromatic heterocycles. The van der Waals surface area contributed by atoms with Crippen LogP contribution in [0.15, 0.2) is 59.6 Å². The van der Waals surface area contributed by atoms with Crippen LogP contribution in [0, 0.1) is 20.8 Å². The van der Waals surface area contributed by atoms with Gasteiger partial charge in [0.05, 0.1) is 38.0 Å². The largest absolute Gasteiger partial charge is 0.494 e. The Morgan fingerprint density at radius 2 is 1.78 bits per heavy atom. The molecule has 3 amide bonds. The Kier molecular flexibility index (Phi) is 11.0. The number of aliphatic hydroxyl groups is 1. The maximum Gasteiger partial charge on any atom is 0.246 e. The Morgan fingerprint density at radius 1 is 1.00 bits per heavy atom. The molecule has 0 aliphatic carbocycles. The van der Waals surface area contributed by atoms with Crippen LogP contribution in [0.2, 0.25) is 0 Å². The van der Waals surface area contributed by atoms with Crippen LogP contribution in [0.5, 0.6) is 5.75 Å². The lowest BCUT2D eigenvalue weighted by molar-refractivity contribution is -0.133. The number of carbonyl (C=O) groups is 3. The fourth-order valence-electron chi connectivity index (χ4n) is 5.96. The number of para-hydroxylation sites is 1. The Balaban J connectivity index is 1.07. The molecule has 4 heterocycles. The summed E-state index contributed by atoms with van der Waals surface area (Å²) in [6.07, 6.45) is 0.721. The summed E-state index contributed by atoms with van der Waals surface area (Å²) >= 11 is 1.66. The molecule has 50 heavy (non-hydrogen) atoms. The first kappa shape index (κ1) is 34.9. The Bertz CT molecular complexity index is 1870. The number of carbonyl (C=O) groups excluding carboxylic acids is 3. The van der Waals surface area contributed by atoms with Crippen molar-refractivity contribution in [1.29, 1.82) is 0 Å². The lowest BCUT2D eigenvalue weighted by Gasteiger charge is -2.15. The van der Waals surface area contributed by atoms with E-state index >= 15 is 0 Å². The van der Waals surface area contributed by atoms with Gasteiger partial charge < -0.3 is 30.1 Å². The number of fused-ring (bicyclic) bond motifs is 3. The number of aromatic nitrogens is 3. The van der Waals surface area contributed by atoms with Gasteiger partial charge in [0.15, 0.2) is 5.82 Å². The number of hydrogen-bond acceptors (Lipinski definition) is 10. The molecule has 13 nitrogen and oxygen atoms in total. The van der Waals surface area contributed by atoms with Crippen LogP contribution >= 0.6 is 11.3 Å². The second-order valence-electron chi connectivity index (χ2n) is 12.4. The molecule has 0 radical (unpaired) electrons. The van der Waals surface area contributed by atoms with E-state index in [4.69, 9.17) is 14.5 Å². The van der Waals surface area contributed by atoms with Crippen LogP contribution in [0.1, 0.15) is 58.5 Å². The Labute approximate surface area is 294 Å². The van der Waals surface area contributed by atoms with Gasteiger partial charge in [-0.1, -0.05) is 18.2 Å². The number of aryl methyl sites for hydroxylation is 2. The van der Waals surface area contributed by atoms with Crippen LogP contribution < -0.4 is 15.4 Å². The third-order valence-corrected chi connectivity index (χ3v) is 9.88. The molecule has 1 saturated heterocycles. The summed E-state index contributed by atoms with van der Waals surface area (Å²) in [6, 6.07) is 16.5. The number of rotatable bonds is 13. The summed E-state index contributed by atoms with van der Waals surface area (Å²) < 4.78 is 13.4.